The summed E-state index contributed by atoms with van der Waals surface area (Å²) in [7, 11) is 1.60. The van der Waals surface area contributed by atoms with Gasteiger partial charge in [-0.3, -0.25) is 0 Å². The van der Waals surface area contributed by atoms with E-state index in [1.54, 1.807) is 36.1 Å². The molecule has 0 spiro atoms. The van der Waals surface area contributed by atoms with Crippen LogP contribution in [0.15, 0.2) is 24.3 Å². The Morgan fingerprint density at radius 2 is 2.00 bits per heavy atom. The van der Waals surface area contributed by atoms with E-state index in [9.17, 15) is 0 Å². The predicted molar refractivity (Wildman–Crippen MR) is 69.3 cm³/mol. The maximum Gasteiger partial charge on any atom is 0.133 e. The first-order valence-corrected chi connectivity index (χ1v) is 5.94. The number of methoxy groups -OCH3 is 1. The molecule has 1 aromatic heterocycles. The topological polar surface area (TPSA) is 27.1 Å². The standard InChI is InChI=1S/C11H9Cl3N2O/c1-17-6-8-5-11(14)16(15-8)10-3-2-7(12)4-9(10)13/h2-5H,6H2,1H3. The third-order valence-corrected chi connectivity index (χ3v) is 2.95. The van der Waals surface area contributed by atoms with Crippen molar-refractivity contribution >= 4 is 34.8 Å². The van der Waals surface area contributed by atoms with Crippen LogP contribution in [-0.4, -0.2) is 16.9 Å². The molecule has 0 fully saturated rings. The van der Waals surface area contributed by atoms with Crippen molar-refractivity contribution < 1.29 is 4.74 Å². The van der Waals surface area contributed by atoms with Crippen LogP contribution in [0.25, 0.3) is 5.69 Å². The van der Waals surface area contributed by atoms with Gasteiger partial charge in [-0.15, -0.1) is 0 Å². The van der Waals surface area contributed by atoms with Crippen molar-refractivity contribution in [1.29, 1.82) is 0 Å². The molecule has 0 bridgehead atoms. The summed E-state index contributed by atoms with van der Waals surface area (Å²) in [5.74, 6) is 0. The molecule has 0 radical (unpaired) electrons. The zero-order valence-corrected chi connectivity index (χ0v) is 11.2. The van der Waals surface area contributed by atoms with Crippen LogP contribution in [-0.2, 0) is 11.3 Å². The van der Waals surface area contributed by atoms with Gasteiger partial charge in [-0.25, -0.2) is 4.68 Å². The molecule has 0 atom stereocenters. The van der Waals surface area contributed by atoms with Crippen LogP contribution in [0, 0.1) is 0 Å². The van der Waals surface area contributed by atoms with Crippen LogP contribution >= 0.6 is 34.8 Å². The predicted octanol–water partition coefficient (Wildman–Crippen LogP) is 3.98. The van der Waals surface area contributed by atoms with E-state index in [1.165, 1.54) is 0 Å². The Balaban J connectivity index is 2.45. The summed E-state index contributed by atoms with van der Waals surface area (Å²) in [6.45, 7) is 0.401. The molecule has 1 aromatic carbocycles. The van der Waals surface area contributed by atoms with Crippen LogP contribution in [0.3, 0.4) is 0 Å². The van der Waals surface area contributed by atoms with Crippen molar-refractivity contribution in [2.24, 2.45) is 0 Å². The molecule has 6 heteroatoms. The first kappa shape index (κ1) is 12.7. The summed E-state index contributed by atoms with van der Waals surface area (Å²) in [5, 5.41) is 5.83. The number of hydrogen-bond donors (Lipinski definition) is 0. The average Bonchev–Trinajstić information content (AvgIpc) is 2.60. The number of nitrogens with zero attached hydrogens (tertiary/aromatic N) is 2. The van der Waals surface area contributed by atoms with Gasteiger partial charge in [-0.2, -0.15) is 5.10 Å². The molecule has 0 N–H and O–H groups in total. The Morgan fingerprint density at radius 1 is 1.24 bits per heavy atom. The quantitative estimate of drug-likeness (QED) is 0.855. The van der Waals surface area contributed by atoms with Crippen LogP contribution in [0.2, 0.25) is 15.2 Å². The Bertz CT molecular complexity index is 540. The van der Waals surface area contributed by atoms with E-state index in [2.05, 4.69) is 5.10 Å². The number of rotatable bonds is 3. The molecule has 0 unspecified atom stereocenters. The first-order valence-electron chi connectivity index (χ1n) is 4.80. The van der Waals surface area contributed by atoms with Crippen molar-refractivity contribution in [1.82, 2.24) is 9.78 Å². The van der Waals surface area contributed by atoms with E-state index < -0.39 is 0 Å². The van der Waals surface area contributed by atoms with Crippen molar-refractivity contribution in [3.05, 3.63) is 45.2 Å². The number of hydrogen-bond acceptors (Lipinski definition) is 2. The zero-order chi connectivity index (χ0) is 12.4. The molecule has 0 saturated heterocycles. The van der Waals surface area contributed by atoms with Crippen LogP contribution < -0.4 is 0 Å². The highest BCUT2D eigenvalue weighted by atomic mass is 35.5. The Hall–Kier alpha value is -0.740. The Labute approximate surface area is 114 Å². The molecule has 0 amide bonds. The molecule has 0 aliphatic carbocycles. The van der Waals surface area contributed by atoms with Gasteiger partial charge in [-0.05, 0) is 18.2 Å². The zero-order valence-electron chi connectivity index (χ0n) is 8.95. The number of halogens is 3. The summed E-state index contributed by atoms with van der Waals surface area (Å²) in [6, 6.07) is 6.87. The van der Waals surface area contributed by atoms with Crippen molar-refractivity contribution in [2.45, 2.75) is 6.61 Å². The van der Waals surface area contributed by atoms with E-state index in [-0.39, 0.29) is 0 Å². The lowest BCUT2D eigenvalue weighted by molar-refractivity contribution is 0.181. The fourth-order valence-electron chi connectivity index (χ4n) is 1.44. The highest BCUT2D eigenvalue weighted by Crippen LogP contribution is 2.27. The molecule has 2 rings (SSSR count). The lowest BCUT2D eigenvalue weighted by Crippen LogP contribution is -1.99. The average molecular weight is 292 g/mol. The summed E-state index contributed by atoms with van der Waals surface area (Å²) in [5.41, 5.74) is 1.42. The molecular weight excluding hydrogens is 282 g/mol. The minimum Gasteiger partial charge on any atom is -0.378 e. The van der Waals surface area contributed by atoms with Gasteiger partial charge in [0, 0.05) is 18.2 Å². The Kier molecular flexibility index (Phi) is 3.94. The highest BCUT2D eigenvalue weighted by Gasteiger charge is 2.10. The number of benzene rings is 1. The fourth-order valence-corrected chi connectivity index (χ4v) is 2.19. The second-order valence-electron chi connectivity index (χ2n) is 3.40. The normalized spacial score (nSPS) is 10.8. The maximum absolute atomic E-state index is 6.09. The third kappa shape index (κ3) is 2.75. The van der Waals surface area contributed by atoms with Crippen molar-refractivity contribution in [3.63, 3.8) is 0 Å². The molecule has 0 aliphatic rings. The summed E-state index contributed by atoms with van der Waals surface area (Å²) < 4.78 is 6.54. The summed E-state index contributed by atoms with van der Waals surface area (Å²) in [4.78, 5) is 0. The van der Waals surface area contributed by atoms with Gasteiger partial charge in [0.25, 0.3) is 0 Å². The monoisotopic (exact) mass is 290 g/mol. The van der Waals surface area contributed by atoms with Crippen molar-refractivity contribution in [3.8, 4) is 5.69 Å². The van der Waals surface area contributed by atoms with Gasteiger partial charge in [0.1, 0.15) is 5.15 Å². The van der Waals surface area contributed by atoms with E-state index in [0.29, 0.717) is 27.5 Å². The molecule has 90 valence electrons. The minimum absolute atomic E-state index is 0.401. The molecule has 0 aliphatic heterocycles. The molecule has 0 saturated carbocycles. The van der Waals surface area contributed by atoms with Gasteiger partial charge in [0.15, 0.2) is 0 Å². The van der Waals surface area contributed by atoms with E-state index in [0.717, 1.165) is 5.69 Å². The third-order valence-electron chi connectivity index (χ3n) is 2.15. The van der Waals surface area contributed by atoms with E-state index >= 15 is 0 Å². The maximum atomic E-state index is 6.09. The fraction of sp³-hybridized carbons (Fsp3) is 0.182. The molecule has 1 heterocycles. The Morgan fingerprint density at radius 3 is 2.65 bits per heavy atom. The van der Waals surface area contributed by atoms with E-state index in [1.807, 2.05) is 0 Å². The van der Waals surface area contributed by atoms with E-state index in [4.69, 9.17) is 39.5 Å². The van der Waals surface area contributed by atoms with Crippen molar-refractivity contribution in [2.75, 3.05) is 7.11 Å². The van der Waals surface area contributed by atoms with Gasteiger partial charge in [0.05, 0.1) is 23.0 Å². The number of aromatic nitrogens is 2. The smallest absolute Gasteiger partial charge is 0.133 e. The lowest BCUT2D eigenvalue weighted by Gasteiger charge is -2.05. The van der Waals surface area contributed by atoms with Crippen LogP contribution in [0.4, 0.5) is 0 Å². The lowest BCUT2D eigenvalue weighted by atomic mass is 10.3. The minimum atomic E-state index is 0.401. The molecule has 17 heavy (non-hydrogen) atoms. The van der Waals surface area contributed by atoms with Gasteiger partial charge >= 0.3 is 0 Å². The number of ether oxygens (including phenoxy) is 1. The largest absolute Gasteiger partial charge is 0.378 e. The summed E-state index contributed by atoms with van der Waals surface area (Å²) in [6.07, 6.45) is 0. The second kappa shape index (κ2) is 5.27. The van der Waals surface area contributed by atoms with Crippen LogP contribution in [0.1, 0.15) is 5.69 Å². The molecular formula is C11H9Cl3N2O. The van der Waals surface area contributed by atoms with Crippen LogP contribution in [0.5, 0.6) is 0 Å². The van der Waals surface area contributed by atoms with Gasteiger partial charge < -0.3 is 4.74 Å². The van der Waals surface area contributed by atoms with Gasteiger partial charge in [0.2, 0.25) is 0 Å². The summed E-state index contributed by atoms with van der Waals surface area (Å²) >= 11 is 18.0. The highest BCUT2D eigenvalue weighted by molar-refractivity contribution is 6.36. The first-order chi connectivity index (χ1) is 8.11. The van der Waals surface area contributed by atoms with Gasteiger partial charge in [-0.1, -0.05) is 34.8 Å². The molecule has 3 nitrogen and oxygen atoms in total. The SMILES string of the molecule is COCc1cc(Cl)n(-c2ccc(Cl)cc2Cl)n1. The second-order valence-corrected chi connectivity index (χ2v) is 4.63. The molecule has 2 aromatic rings.